The van der Waals surface area contributed by atoms with Crippen LogP contribution in [0.5, 0.6) is 0 Å². The van der Waals surface area contributed by atoms with Crippen LogP contribution in [-0.4, -0.2) is 67.4 Å². The molecular weight excluding hydrogens is 286 g/mol. The minimum atomic E-state index is -0.318. The highest BCUT2D eigenvalue weighted by molar-refractivity contribution is 5.72. The fourth-order valence-corrected chi connectivity index (χ4v) is 0.537. The molecule has 0 saturated heterocycles. The molecule has 21 heavy (non-hydrogen) atoms. The molecule has 0 fully saturated rings. The van der Waals surface area contributed by atoms with Gasteiger partial charge >= 0.3 is 5.97 Å². The second-order valence-corrected chi connectivity index (χ2v) is 3.23. The highest BCUT2D eigenvalue weighted by Crippen LogP contribution is 1.73. The van der Waals surface area contributed by atoms with Gasteiger partial charge in [0.05, 0.1) is 0 Å². The van der Waals surface area contributed by atoms with Crippen molar-refractivity contribution in [1.29, 1.82) is 0 Å². The third-order valence-electron chi connectivity index (χ3n) is 1.24. The van der Waals surface area contributed by atoms with Gasteiger partial charge in [-0.15, -0.1) is 0 Å². The zero-order valence-corrected chi connectivity index (χ0v) is 13.6. The summed E-state index contributed by atoms with van der Waals surface area (Å²) < 4.78 is 27.0. The van der Waals surface area contributed by atoms with Crippen molar-refractivity contribution in [3.05, 3.63) is 0 Å². The van der Waals surface area contributed by atoms with Gasteiger partial charge in [0.25, 0.3) is 0 Å². The Morgan fingerprint density at radius 3 is 1.52 bits per heavy atom. The van der Waals surface area contributed by atoms with Gasteiger partial charge in [-0.05, 0) is 0 Å². The summed E-state index contributed by atoms with van der Waals surface area (Å²) in [6.45, 7) is 3.62. The fourth-order valence-electron chi connectivity index (χ4n) is 0.537. The van der Waals surface area contributed by atoms with Gasteiger partial charge in [0.1, 0.15) is 20.3 Å². The lowest BCUT2D eigenvalue weighted by Crippen LogP contribution is -2.23. The van der Waals surface area contributed by atoms with Crippen molar-refractivity contribution in [2.75, 3.05) is 55.5 Å². The summed E-state index contributed by atoms with van der Waals surface area (Å²) >= 11 is 0. The molecular formula is C12H27NO8. The molecule has 0 spiro atoms. The lowest BCUT2D eigenvalue weighted by atomic mass is 10.7. The van der Waals surface area contributed by atoms with Crippen molar-refractivity contribution >= 4 is 11.9 Å². The minimum Gasteiger partial charge on any atom is -0.439 e. The zero-order chi connectivity index (χ0) is 16.9. The molecule has 0 atom stereocenters. The minimum absolute atomic E-state index is 0.0509. The second kappa shape index (κ2) is 23.8. The van der Waals surface area contributed by atoms with Crippen molar-refractivity contribution in [2.24, 2.45) is 0 Å². The van der Waals surface area contributed by atoms with Crippen LogP contribution in [0.1, 0.15) is 13.8 Å². The Bertz CT molecular complexity index is 223. The Kier molecular flexibility index (Phi) is 28.0. The number of nitrogens with one attached hydrogen (secondary N) is 1. The summed E-state index contributed by atoms with van der Waals surface area (Å²) in [6, 6.07) is 0. The molecule has 0 aliphatic rings. The van der Waals surface area contributed by atoms with Gasteiger partial charge in [-0.2, -0.15) is 0 Å². The first-order chi connectivity index (χ1) is 9.95. The van der Waals surface area contributed by atoms with Crippen LogP contribution >= 0.6 is 0 Å². The monoisotopic (exact) mass is 313 g/mol. The standard InChI is InChI=1S/C5H11NO3.C4H8O3.C3H8O2/c1-5(7)6-3-9-4-8-2;1-4(5)7-3-6-2;1-4-3-5-2/h3-4H2,1-2H3,(H,6,7);3H2,1-2H3;3H2,1-2H3. The molecule has 0 aromatic rings. The molecule has 0 aromatic carbocycles. The molecule has 0 rings (SSSR count). The number of hydrogen-bond acceptors (Lipinski definition) is 8. The molecule has 128 valence electrons. The van der Waals surface area contributed by atoms with Crippen LogP contribution in [-0.2, 0) is 38.0 Å². The Morgan fingerprint density at radius 2 is 1.29 bits per heavy atom. The molecule has 1 amide bonds. The first-order valence-corrected chi connectivity index (χ1v) is 5.87. The summed E-state index contributed by atoms with van der Waals surface area (Å²) in [7, 11) is 6.16. The number of carbonyl (C=O) groups excluding carboxylic acids is 2. The van der Waals surface area contributed by atoms with E-state index in [-0.39, 0.29) is 32.2 Å². The number of esters is 1. The summed E-state index contributed by atoms with van der Waals surface area (Å²) in [5, 5.41) is 2.44. The van der Waals surface area contributed by atoms with Gasteiger partial charge in [0, 0.05) is 42.3 Å². The van der Waals surface area contributed by atoms with E-state index in [0.29, 0.717) is 6.79 Å². The number of rotatable bonds is 8. The molecule has 9 nitrogen and oxygen atoms in total. The van der Waals surface area contributed by atoms with E-state index in [0.717, 1.165) is 0 Å². The highest BCUT2D eigenvalue weighted by Gasteiger charge is 1.87. The lowest BCUT2D eigenvalue weighted by molar-refractivity contribution is -0.151. The number of methoxy groups -OCH3 is 4. The third-order valence-corrected chi connectivity index (χ3v) is 1.24. The van der Waals surface area contributed by atoms with Crippen LogP contribution in [0.25, 0.3) is 0 Å². The molecule has 0 aliphatic carbocycles. The summed E-state index contributed by atoms with van der Waals surface area (Å²) in [6.07, 6.45) is 0. The van der Waals surface area contributed by atoms with Crippen LogP contribution in [0.2, 0.25) is 0 Å². The van der Waals surface area contributed by atoms with Crippen molar-refractivity contribution in [2.45, 2.75) is 13.8 Å². The predicted molar refractivity (Wildman–Crippen MR) is 74.2 cm³/mol. The third kappa shape index (κ3) is 45.5. The maximum atomic E-state index is 10.2. The molecule has 0 heterocycles. The lowest BCUT2D eigenvalue weighted by Gasteiger charge is -2.01. The van der Waals surface area contributed by atoms with E-state index in [2.05, 4.69) is 29.0 Å². The Labute approximate surface area is 125 Å². The molecule has 0 radical (unpaired) electrons. The van der Waals surface area contributed by atoms with Gasteiger partial charge < -0.3 is 33.7 Å². The summed E-state index contributed by atoms with van der Waals surface area (Å²) in [5.41, 5.74) is 0. The van der Waals surface area contributed by atoms with Gasteiger partial charge in [-0.1, -0.05) is 0 Å². The number of carbonyl (C=O) groups is 2. The van der Waals surface area contributed by atoms with E-state index in [1.165, 1.54) is 28.1 Å². The molecule has 0 aromatic heterocycles. The second-order valence-electron chi connectivity index (χ2n) is 3.23. The van der Waals surface area contributed by atoms with E-state index in [1.54, 1.807) is 14.2 Å². The number of hydrogen-bond donors (Lipinski definition) is 1. The van der Waals surface area contributed by atoms with Crippen molar-refractivity contribution in [3.63, 3.8) is 0 Å². The molecule has 0 aliphatic heterocycles. The Hall–Kier alpha value is -1.26. The first kappa shape index (κ1) is 24.7. The van der Waals surface area contributed by atoms with Gasteiger partial charge in [0.2, 0.25) is 5.91 Å². The zero-order valence-electron chi connectivity index (χ0n) is 13.6. The topological polar surface area (TPSA) is 102 Å². The summed E-state index contributed by atoms with van der Waals surface area (Å²) in [4.78, 5) is 20.1. The molecule has 0 bridgehead atoms. The smallest absolute Gasteiger partial charge is 0.304 e. The molecule has 9 heteroatoms. The van der Waals surface area contributed by atoms with Crippen LogP contribution in [0.3, 0.4) is 0 Å². The van der Waals surface area contributed by atoms with Crippen molar-refractivity contribution < 1.29 is 38.0 Å². The van der Waals surface area contributed by atoms with E-state index in [1.807, 2.05) is 0 Å². The molecule has 0 unspecified atom stereocenters. The van der Waals surface area contributed by atoms with E-state index in [9.17, 15) is 9.59 Å². The maximum Gasteiger partial charge on any atom is 0.304 e. The van der Waals surface area contributed by atoms with Crippen LogP contribution < -0.4 is 5.32 Å². The first-order valence-electron chi connectivity index (χ1n) is 5.87. The van der Waals surface area contributed by atoms with Crippen LogP contribution in [0.4, 0.5) is 0 Å². The van der Waals surface area contributed by atoms with Gasteiger partial charge in [0.15, 0.2) is 6.79 Å². The highest BCUT2D eigenvalue weighted by atomic mass is 16.7. The Balaban J connectivity index is -0.000000242. The summed E-state index contributed by atoms with van der Waals surface area (Å²) in [5.74, 6) is -0.423. The van der Waals surface area contributed by atoms with E-state index < -0.39 is 0 Å². The quantitative estimate of drug-likeness (QED) is 0.382. The average molecular weight is 313 g/mol. The number of amides is 1. The van der Waals surface area contributed by atoms with E-state index >= 15 is 0 Å². The van der Waals surface area contributed by atoms with Crippen molar-refractivity contribution in [3.8, 4) is 0 Å². The average Bonchev–Trinajstić information content (AvgIpc) is 2.43. The molecule has 1 N–H and O–H groups in total. The SMILES string of the molecule is COCOC.COCOC(C)=O.COCOCNC(C)=O. The van der Waals surface area contributed by atoms with Crippen molar-refractivity contribution in [1.82, 2.24) is 5.32 Å². The van der Waals surface area contributed by atoms with E-state index in [4.69, 9.17) is 4.74 Å². The van der Waals surface area contributed by atoms with Gasteiger partial charge in [-0.3, -0.25) is 9.59 Å². The maximum absolute atomic E-state index is 10.2. The number of ether oxygens (including phenoxy) is 6. The van der Waals surface area contributed by atoms with Crippen LogP contribution in [0, 0.1) is 0 Å². The largest absolute Gasteiger partial charge is 0.439 e. The Morgan fingerprint density at radius 1 is 0.810 bits per heavy atom. The molecule has 0 saturated carbocycles. The van der Waals surface area contributed by atoms with Crippen LogP contribution in [0.15, 0.2) is 0 Å². The van der Waals surface area contributed by atoms with Gasteiger partial charge in [-0.25, -0.2) is 0 Å². The predicted octanol–water partition coefficient (Wildman–Crippen LogP) is 0.0906. The fraction of sp³-hybridized carbons (Fsp3) is 0.833. The normalized spacial score (nSPS) is 8.67.